The van der Waals surface area contributed by atoms with Crippen molar-refractivity contribution >= 4 is 11.6 Å². The molecule has 1 aliphatic heterocycles. The van der Waals surface area contributed by atoms with Crippen LogP contribution in [-0.2, 0) is 11.3 Å². The molecule has 0 aromatic carbocycles. The van der Waals surface area contributed by atoms with E-state index in [1.807, 2.05) is 6.07 Å². The number of nitrogens with one attached hydrogen (secondary N) is 1. The van der Waals surface area contributed by atoms with Crippen LogP contribution >= 0.6 is 11.6 Å². The highest BCUT2D eigenvalue weighted by Crippen LogP contribution is 2.12. The number of halogens is 1. The maximum absolute atomic E-state index is 5.65. The molecule has 2 heterocycles. The third kappa shape index (κ3) is 2.72. The Morgan fingerprint density at radius 3 is 2.79 bits per heavy atom. The molecular formula is C9H13ClN2O2. The maximum atomic E-state index is 5.65. The minimum Gasteiger partial charge on any atom is -0.448 e. The molecule has 1 saturated heterocycles. The van der Waals surface area contributed by atoms with E-state index < -0.39 is 0 Å². The van der Waals surface area contributed by atoms with E-state index in [4.69, 9.17) is 20.8 Å². The van der Waals surface area contributed by atoms with Gasteiger partial charge in [-0.2, -0.15) is 0 Å². The summed E-state index contributed by atoms with van der Waals surface area (Å²) in [5.41, 5.74) is 3.25. The molecule has 1 aliphatic rings. The molecule has 0 radical (unpaired) electrons. The first-order valence-corrected chi connectivity index (χ1v) is 5.03. The zero-order valence-corrected chi connectivity index (χ0v) is 8.59. The van der Waals surface area contributed by atoms with Crippen LogP contribution < -0.4 is 5.43 Å². The van der Waals surface area contributed by atoms with Gasteiger partial charge in [0, 0.05) is 13.1 Å². The van der Waals surface area contributed by atoms with E-state index in [1.54, 1.807) is 6.07 Å². The number of morpholine rings is 1. The van der Waals surface area contributed by atoms with Gasteiger partial charge in [-0.05, 0) is 23.7 Å². The summed E-state index contributed by atoms with van der Waals surface area (Å²) in [6.45, 7) is 4.06. The molecule has 0 saturated carbocycles. The molecule has 5 heteroatoms. The van der Waals surface area contributed by atoms with Gasteiger partial charge in [-0.25, -0.2) is 10.4 Å². The van der Waals surface area contributed by atoms with Crippen LogP contribution in [0.25, 0.3) is 0 Å². The molecule has 1 N–H and O–H groups in total. The molecule has 14 heavy (non-hydrogen) atoms. The molecule has 2 rings (SSSR count). The highest BCUT2D eigenvalue weighted by molar-refractivity contribution is 6.28. The fraction of sp³-hybridized carbons (Fsp3) is 0.556. The maximum Gasteiger partial charge on any atom is 0.193 e. The lowest BCUT2D eigenvalue weighted by Gasteiger charge is -2.26. The van der Waals surface area contributed by atoms with E-state index in [0.717, 1.165) is 32.1 Å². The van der Waals surface area contributed by atoms with Crippen molar-refractivity contribution in [3.63, 3.8) is 0 Å². The quantitative estimate of drug-likeness (QED) is 0.826. The van der Waals surface area contributed by atoms with E-state index in [-0.39, 0.29) is 0 Å². The van der Waals surface area contributed by atoms with Crippen molar-refractivity contribution in [3.8, 4) is 0 Å². The first-order valence-electron chi connectivity index (χ1n) is 4.65. The Morgan fingerprint density at radius 2 is 2.14 bits per heavy atom. The summed E-state index contributed by atoms with van der Waals surface area (Å²) >= 11 is 5.65. The Morgan fingerprint density at radius 1 is 1.36 bits per heavy atom. The average molecular weight is 217 g/mol. The lowest BCUT2D eigenvalue weighted by atomic mass is 10.4. The fourth-order valence-electron chi connectivity index (χ4n) is 1.36. The predicted molar refractivity (Wildman–Crippen MR) is 52.9 cm³/mol. The van der Waals surface area contributed by atoms with Crippen LogP contribution in [-0.4, -0.2) is 31.3 Å². The van der Waals surface area contributed by atoms with Crippen molar-refractivity contribution in [2.24, 2.45) is 0 Å². The zero-order chi connectivity index (χ0) is 9.80. The van der Waals surface area contributed by atoms with Gasteiger partial charge in [-0.15, -0.1) is 0 Å². The minimum atomic E-state index is 0.434. The SMILES string of the molecule is Clc1ccc(CNN2CCOCC2)o1. The third-order valence-electron chi connectivity index (χ3n) is 2.12. The van der Waals surface area contributed by atoms with Gasteiger partial charge in [0.25, 0.3) is 0 Å². The largest absolute Gasteiger partial charge is 0.448 e. The summed E-state index contributed by atoms with van der Waals surface area (Å²) in [6, 6.07) is 3.62. The van der Waals surface area contributed by atoms with Crippen molar-refractivity contribution in [2.75, 3.05) is 26.3 Å². The summed E-state index contributed by atoms with van der Waals surface area (Å²) in [5.74, 6) is 0.849. The summed E-state index contributed by atoms with van der Waals surface area (Å²) < 4.78 is 10.4. The second kappa shape index (κ2) is 4.79. The first-order chi connectivity index (χ1) is 6.84. The molecule has 0 atom stereocenters. The molecular weight excluding hydrogens is 204 g/mol. The first kappa shape index (κ1) is 9.98. The van der Waals surface area contributed by atoms with Crippen LogP contribution in [0.15, 0.2) is 16.5 Å². The number of hydrogen-bond acceptors (Lipinski definition) is 4. The number of ether oxygens (including phenoxy) is 1. The van der Waals surface area contributed by atoms with Crippen LogP contribution in [0.4, 0.5) is 0 Å². The normalized spacial score (nSPS) is 18.6. The van der Waals surface area contributed by atoms with E-state index in [9.17, 15) is 0 Å². The van der Waals surface area contributed by atoms with Crippen LogP contribution in [0, 0.1) is 0 Å². The highest BCUT2D eigenvalue weighted by Gasteiger charge is 2.09. The van der Waals surface area contributed by atoms with Crippen molar-refractivity contribution in [3.05, 3.63) is 23.1 Å². The molecule has 0 unspecified atom stereocenters. The molecule has 0 bridgehead atoms. The summed E-state index contributed by atoms with van der Waals surface area (Å²) in [6.07, 6.45) is 0. The minimum absolute atomic E-state index is 0.434. The number of rotatable bonds is 3. The summed E-state index contributed by atoms with van der Waals surface area (Å²) in [7, 11) is 0. The van der Waals surface area contributed by atoms with Crippen molar-refractivity contribution < 1.29 is 9.15 Å². The Bertz CT molecular complexity index is 284. The van der Waals surface area contributed by atoms with E-state index in [1.165, 1.54) is 0 Å². The Kier molecular flexibility index (Phi) is 3.42. The van der Waals surface area contributed by atoms with Gasteiger partial charge in [-0.1, -0.05) is 0 Å². The number of hydrogen-bond donors (Lipinski definition) is 1. The smallest absolute Gasteiger partial charge is 0.193 e. The monoisotopic (exact) mass is 216 g/mol. The Hall–Kier alpha value is -0.550. The van der Waals surface area contributed by atoms with Crippen LogP contribution in [0.3, 0.4) is 0 Å². The zero-order valence-electron chi connectivity index (χ0n) is 7.83. The van der Waals surface area contributed by atoms with Crippen molar-refractivity contribution in [2.45, 2.75) is 6.54 Å². The lowest BCUT2D eigenvalue weighted by molar-refractivity contribution is 0.00945. The van der Waals surface area contributed by atoms with Gasteiger partial charge in [0.2, 0.25) is 0 Å². The third-order valence-corrected chi connectivity index (χ3v) is 2.32. The van der Waals surface area contributed by atoms with Crippen LogP contribution in [0.2, 0.25) is 5.22 Å². The molecule has 4 nitrogen and oxygen atoms in total. The predicted octanol–water partition coefficient (Wildman–Crippen LogP) is 1.27. The second-order valence-corrected chi connectivity index (χ2v) is 3.51. The lowest BCUT2D eigenvalue weighted by Crippen LogP contribution is -2.45. The van der Waals surface area contributed by atoms with Gasteiger partial charge in [-0.3, -0.25) is 0 Å². The molecule has 1 aromatic rings. The van der Waals surface area contributed by atoms with Crippen molar-refractivity contribution in [1.82, 2.24) is 10.4 Å². The molecule has 0 spiro atoms. The molecule has 1 fully saturated rings. The molecule has 78 valence electrons. The fourth-order valence-corrected chi connectivity index (χ4v) is 1.52. The number of hydrazine groups is 1. The van der Waals surface area contributed by atoms with E-state index in [2.05, 4.69) is 10.4 Å². The van der Waals surface area contributed by atoms with Gasteiger partial charge < -0.3 is 9.15 Å². The van der Waals surface area contributed by atoms with Gasteiger partial charge in [0.05, 0.1) is 19.8 Å². The highest BCUT2D eigenvalue weighted by atomic mass is 35.5. The van der Waals surface area contributed by atoms with E-state index in [0.29, 0.717) is 11.8 Å². The summed E-state index contributed by atoms with van der Waals surface area (Å²) in [4.78, 5) is 0. The average Bonchev–Trinajstić information content (AvgIpc) is 2.63. The van der Waals surface area contributed by atoms with Gasteiger partial charge in [0.15, 0.2) is 5.22 Å². The topological polar surface area (TPSA) is 37.6 Å². The van der Waals surface area contributed by atoms with Crippen LogP contribution in [0.1, 0.15) is 5.76 Å². The second-order valence-electron chi connectivity index (χ2n) is 3.14. The molecule has 1 aromatic heterocycles. The van der Waals surface area contributed by atoms with E-state index >= 15 is 0 Å². The molecule has 0 amide bonds. The van der Waals surface area contributed by atoms with Crippen molar-refractivity contribution in [1.29, 1.82) is 0 Å². The van der Waals surface area contributed by atoms with Gasteiger partial charge >= 0.3 is 0 Å². The van der Waals surface area contributed by atoms with Gasteiger partial charge in [0.1, 0.15) is 5.76 Å². The standard InChI is InChI=1S/C9H13ClN2O2/c10-9-2-1-8(14-9)7-11-12-3-5-13-6-4-12/h1-2,11H,3-7H2. The summed E-state index contributed by atoms with van der Waals surface area (Å²) in [5, 5.41) is 2.56. The number of nitrogens with zero attached hydrogens (tertiary/aromatic N) is 1. The Balaban J connectivity index is 1.76. The molecule has 0 aliphatic carbocycles. The Labute approximate surface area is 87.7 Å². The van der Waals surface area contributed by atoms with Crippen LogP contribution in [0.5, 0.6) is 0 Å². The number of furan rings is 1.